The molecule has 1 N–H and O–H groups in total. The van der Waals surface area contributed by atoms with E-state index in [9.17, 15) is 5.11 Å². The summed E-state index contributed by atoms with van der Waals surface area (Å²) in [7, 11) is 0. The van der Waals surface area contributed by atoms with Crippen molar-refractivity contribution in [2.24, 2.45) is 5.92 Å². The maximum absolute atomic E-state index is 10.1. The Morgan fingerprint density at radius 1 is 1.11 bits per heavy atom. The maximum Gasteiger partial charge on any atom is 0.115 e. The molecule has 0 saturated heterocycles. The molecule has 37 heavy (non-hydrogen) atoms. The van der Waals surface area contributed by atoms with Crippen molar-refractivity contribution in [3.8, 4) is 0 Å². The third kappa shape index (κ3) is 7.21. The second kappa shape index (κ2) is 13.1. The predicted molar refractivity (Wildman–Crippen MR) is 158 cm³/mol. The van der Waals surface area contributed by atoms with Gasteiger partial charge in [0.05, 0.1) is 13.2 Å². The summed E-state index contributed by atoms with van der Waals surface area (Å²) in [6, 6.07) is 14.9. The van der Waals surface area contributed by atoms with E-state index >= 15 is 0 Å². The zero-order valence-electron chi connectivity index (χ0n) is 22.8. The van der Waals surface area contributed by atoms with Crippen molar-refractivity contribution >= 4 is 5.57 Å². The van der Waals surface area contributed by atoms with E-state index in [0.29, 0.717) is 18.8 Å². The summed E-state index contributed by atoms with van der Waals surface area (Å²) >= 11 is 0. The molecule has 0 aromatic heterocycles. The minimum absolute atomic E-state index is 0.0297. The molecule has 2 heteroatoms. The van der Waals surface area contributed by atoms with Gasteiger partial charge < -0.3 is 9.84 Å². The topological polar surface area (TPSA) is 29.5 Å². The van der Waals surface area contributed by atoms with Gasteiger partial charge in [-0.1, -0.05) is 104 Å². The van der Waals surface area contributed by atoms with Crippen molar-refractivity contribution in [2.45, 2.75) is 53.8 Å². The first-order valence-corrected chi connectivity index (χ1v) is 12.9. The van der Waals surface area contributed by atoms with Crippen molar-refractivity contribution in [3.05, 3.63) is 148 Å². The van der Waals surface area contributed by atoms with Gasteiger partial charge in [0, 0.05) is 11.5 Å². The standard InChI is InChI=1S/C35H40O2/c1-8-10-14-24(3)34-21-31-20-32(23-37-22-29-15-12-11-13-16-29)25(4)19-35(31)30(18-27(34)6)17-26(5)33(9-2)28(7)36/h8-17,19-20,34,36H,5-7,18,21-23H2,1-4H3/b10-8-,24-14+,30-17+,33-9+. The lowest BCUT2D eigenvalue weighted by molar-refractivity contribution is 0.107. The van der Waals surface area contributed by atoms with Crippen LogP contribution < -0.4 is 0 Å². The number of ether oxygens (including phenoxy) is 1. The first kappa shape index (κ1) is 28.0. The molecule has 0 spiro atoms. The van der Waals surface area contributed by atoms with E-state index in [1.54, 1.807) is 0 Å². The fourth-order valence-electron chi connectivity index (χ4n) is 4.91. The first-order valence-electron chi connectivity index (χ1n) is 12.9. The lowest BCUT2D eigenvalue weighted by Crippen LogP contribution is -2.08. The summed E-state index contributed by atoms with van der Waals surface area (Å²) in [5.41, 5.74) is 11.1. The Hall–Kier alpha value is -3.62. The average Bonchev–Trinajstić information content (AvgIpc) is 2.99. The van der Waals surface area contributed by atoms with Crippen molar-refractivity contribution in [3.63, 3.8) is 0 Å². The van der Waals surface area contributed by atoms with E-state index in [2.05, 4.69) is 82.2 Å². The van der Waals surface area contributed by atoms with E-state index in [1.807, 2.05) is 38.1 Å². The van der Waals surface area contributed by atoms with E-state index in [-0.39, 0.29) is 11.7 Å². The third-order valence-electron chi connectivity index (χ3n) is 7.01. The monoisotopic (exact) mass is 492 g/mol. The molecule has 2 aromatic rings. The molecule has 1 unspecified atom stereocenters. The van der Waals surface area contributed by atoms with Crippen LogP contribution in [0.3, 0.4) is 0 Å². The molecule has 2 nitrogen and oxygen atoms in total. The molecule has 0 saturated carbocycles. The number of aryl methyl sites for hydroxylation is 1. The van der Waals surface area contributed by atoms with Crippen LogP contribution in [0.4, 0.5) is 0 Å². The first-order chi connectivity index (χ1) is 17.7. The number of allylic oxidation sites excluding steroid dienone is 9. The van der Waals surface area contributed by atoms with Crippen LogP contribution in [0, 0.1) is 12.8 Å². The zero-order chi connectivity index (χ0) is 26.9. The van der Waals surface area contributed by atoms with Gasteiger partial charge in [0.25, 0.3) is 0 Å². The highest BCUT2D eigenvalue weighted by Gasteiger charge is 2.25. The van der Waals surface area contributed by atoms with Crippen LogP contribution in [0.2, 0.25) is 0 Å². The maximum atomic E-state index is 10.1. The second-order valence-electron chi connectivity index (χ2n) is 9.79. The lowest BCUT2D eigenvalue weighted by Gasteiger charge is -2.19. The Bertz CT molecular complexity index is 1280. The van der Waals surface area contributed by atoms with Crippen molar-refractivity contribution in [2.75, 3.05) is 0 Å². The molecule has 0 aliphatic heterocycles. The quantitative estimate of drug-likeness (QED) is 0.163. The molecule has 0 amide bonds. The fraction of sp³-hybridized carbons (Fsp3) is 0.257. The van der Waals surface area contributed by atoms with E-state index < -0.39 is 0 Å². The largest absolute Gasteiger partial charge is 0.508 e. The fourth-order valence-corrected chi connectivity index (χ4v) is 4.91. The van der Waals surface area contributed by atoms with Crippen LogP contribution >= 0.6 is 0 Å². The molecule has 0 heterocycles. The van der Waals surface area contributed by atoms with Gasteiger partial charge in [-0.05, 0) is 79.5 Å². The highest BCUT2D eigenvalue weighted by molar-refractivity contribution is 5.76. The smallest absolute Gasteiger partial charge is 0.115 e. The van der Waals surface area contributed by atoms with E-state index in [0.717, 1.165) is 24.0 Å². The Morgan fingerprint density at radius 3 is 2.49 bits per heavy atom. The predicted octanol–water partition coefficient (Wildman–Crippen LogP) is 9.31. The van der Waals surface area contributed by atoms with Gasteiger partial charge in [0.15, 0.2) is 0 Å². The number of rotatable bonds is 9. The lowest BCUT2D eigenvalue weighted by atomic mass is 9.86. The number of benzene rings is 2. The van der Waals surface area contributed by atoms with Gasteiger partial charge in [0.2, 0.25) is 0 Å². The van der Waals surface area contributed by atoms with Crippen LogP contribution in [0.5, 0.6) is 0 Å². The Kier molecular flexibility index (Phi) is 9.88. The van der Waals surface area contributed by atoms with E-state index in [4.69, 9.17) is 4.74 Å². The summed E-state index contributed by atoms with van der Waals surface area (Å²) < 4.78 is 6.11. The Morgan fingerprint density at radius 2 is 1.84 bits per heavy atom. The molecule has 1 aliphatic rings. The summed E-state index contributed by atoms with van der Waals surface area (Å²) in [5, 5.41) is 10.1. The number of hydrogen-bond donors (Lipinski definition) is 1. The molecule has 1 atom stereocenters. The van der Waals surface area contributed by atoms with Crippen LogP contribution in [0.25, 0.3) is 5.57 Å². The van der Waals surface area contributed by atoms with Crippen molar-refractivity contribution in [1.29, 1.82) is 0 Å². The third-order valence-corrected chi connectivity index (χ3v) is 7.01. The Labute approximate surface area is 223 Å². The molecular weight excluding hydrogens is 452 g/mol. The highest BCUT2D eigenvalue weighted by atomic mass is 16.5. The van der Waals surface area contributed by atoms with Gasteiger partial charge in [-0.25, -0.2) is 0 Å². The van der Waals surface area contributed by atoms with Gasteiger partial charge in [-0.3, -0.25) is 0 Å². The molecule has 0 fully saturated rings. The van der Waals surface area contributed by atoms with Crippen LogP contribution in [0.15, 0.2) is 121 Å². The second-order valence-corrected chi connectivity index (χ2v) is 9.79. The van der Waals surface area contributed by atoms with Crippen LogP contribution in [0.1, 0.15) is 55.0 Å². The average molecular weight is 493 g/mol. The number of fused-ring (bicyclic) bond motifs is 1. The van der Waals surface area contributed by atoms with Gasteiger partial charge in [-0.15, -0.1) is 0 Å². The highest BCUT2D eigenvalue weighted by Crippen LogP contribution is 2.40. The summed E-state index contributed by atoms with van der Waals surface area (Å²) in [6.07, 6.45) is 11.9. The molecule has 2 aromatic carbocycles. The van der Waals surface area contributed by atoms with E-state index in [1.165, 1.54) is 39.0 Å². The van der Waals surface area contributed by atoms with Crippen LogP contribution in [-0.4, -0.2) is 5.11 Å². The molecule has 1 aliphatic carbocycles. The SMILES string of the molecule is C=C(O)/C(=C/C)C(=C)/C=C1\CC(=C)C(/C(C)=C/C=C\C)Cc2cc(COCc3ccccc3)c(C)cc21. The van der Waals surface area contributed by atoms with Gasteiger partial charge >= 0.3 is 0 Å². The number of aliphatic hydroxyl groups excluding tert-OH is 1. The number of aliphatic hydroxyl groups is 1. The molecule has 0 radical (unpaired) electrons. The van der Waals surface area contributed by atoms with Crippen LogP contribution in [-0.2, 0) is 24.4 Å². The molecule has 3 rings (SSSR count). The van der Waals surface area contributed by atoms with Gasteiger partial charge in [-0.2, -0.15) is 0 Å². The number of hydrogen-bond acceptors (Lipinski definition) is 2. The summed E-state index contributed by atoms with van der Waals surface area (Å²) in [5.74, 6) is 0.269. The minimum atomic E-state index is 0.0297. The van der Waals surface area contributed by atoms with Crippen molar-refractivity contribution < 1.29 is 9.84 Å². The molecule has 0 bridgehead atoms. The van der Waals surface area contributed by atoms with Crippen molar-refractivity contribution in [1.82, 2.24) is 0 Å². The normalized spacial score (nSPS) is 17.7. The molecule has 192 valence electrons. The minimum Gasteiger partial charge on any atom is -0.508 e. The molecular formula is C35H40O2. The summed E-state index contributed by atoms with van der Waals surface area (Å²) in [4.78, 5) is 0. The summed E-state index contributed by atoms with van der Waals surface area (Å²) in [6.45, 7) is 21.9. The van der Waals surface area contributed by atoms with Gasteiger partial charge in [0.1, 0.15) is 5.76 Å². The zero-order valence-corrected chi connectivity index (χ0v) is 22.8. The Balaban J connectivity index is 2.02.